The van der Waals surface area contributed by atoms with Crippen LogP contribution >= 0.6 is 0 Å². The molecule has 2 aromatic rings. The average Bonchev–Trinajstić information content (AvgIpc) is 2.49. The summed E-state index contributed by atoms with van der Waals surface area (Å²) in [5, 5.41) is 3.33. The van der Waals surface area contributed by atoms with E-state index in [-0.39, 0.29) is 0 Å². The number of aromatic nitrogens is 2. The summed E-state index contributed by atoms with van der Waals surface area (Å²) in [5.41, 5.74) is 4.37. The second-order valence-electron chi connectivity index (χ2n) is 5.03. The second kappa shape index (κ2) is 6.57. The molecule has 0 aliphatic rings. The summed E-state index contributed by atoms with van der Waals surface area (Å²) >= 11 is 0. The molecule has 0 amide bonds. The zero-order valence-corrected chi connectivity index (χ0v) is 13.4. The van der Waals surface area contributed by atoms with Crippen molar-refractivity contribution >= 4 is 5.82 Å². The topological polar surface area (TPSA) is 47.0 Å². The molecule has 0 saturated heterocycles. The average molecular weight is 285 g/mol. The Balaban J connectivity index is 2.59. The fourth-order valence-electron chi connectivity index (χ4n) is 2.35. The summed E-state index contributed by atoms with van der Waals surface area (Å²) in [6.45, 7) is 9.15. The van der Waals surface area contributed by atoms with Crippen LogP contribution in [0.25, 0.3) is 11.3 Å². The Kier molecular flexibility index (Phi) is 4.78. The number of hydrogen-bond acceptors (Lipinski definition) is 4. The number of nitrogens with zero attached hydrogens (tertiary/aromatic N) is 2. The largest absolute Gasteiger partial charge is 0.497 e. The quantitative estimate of drug-likeness (QED) is 0.908. The van der Waals surface area contributed by atoms with Gasteiger partial charge in [0, 0.05) is 24.1 Å². The van der Waals surface area contributed by atoms with Crippen LogP contribution in [-0.2, 0) is 6.42 Å². The summed E-state index contributed by atoms with van der Waals surface area (Å²) in [6.07, 6.45) is 0.820. The van der Waals surface area contributed by atoms with Crippen molar-refractivity contribution in [1.29, 1.82) is 0 Å². The molecule has 1 heterocycles. The molecule has 21 heavy (non-hydrogen) atoms. The summed E-state index contributed by atoms with van der Waals surface area (Å²) in [7, 11) is 1.68. The van der Waals surface area contributed by atoms with Gasteiger partial charge in [0.05, 0.1) is 12.8 Å². The third-order valence-electron chi connectivity index (χ3n) is 3.54. The Morgan fingerprint density at radius 3 is 2.48 bits per heavy atom. The Morgan fingerprint density at radius 1 is 1.14 bits per heavy atom. The molecule has 0 bridgehead atoms. The SMILES string of the molecule is CCNc1nc(CC)nc(-c2ccc(OC)cc2C)c1C. The number of rotatable bonds is 5. The molecule has 0 atom stereocenters. The first-order chi connectivity index (χ1) is 10.1. The van der Waals surface area contributed by atoms with Crippen molar-refractivity contribution in [2.45, 2.75) is 34.1 Å². The fraction of sp³-hybridized carbons (Fsp3) is 0.412. The van der Waals surface area contributed by atoms with Crippen molar-refractivity contribution in [2.75, 3.05) is 19.0 Å². The smallest absolute Gasteiger partial charge is 0.133 e. The highest BCUT2D eigenvalue weighted by Crippen LogP contribution is 2.30. The fourth-order valence-corrected chi connectivity index (χ4v) is 2.35. The minimum Gasteiger partial charge on any atom is -0.497 e. The van der Waals surface area contributed by atoms with Gasteiger partial charge in [0.1, 0.15) is 17.4 Å². The van der Waals surface area contributed by atoms with Crippen molar-refractivity contribution in [3.05, 3.63) is 35.2 Å². The highest BCUT2D eigenvalue weighted by atomic mass is 16.5. The summed E-state index contributed by atoms with van der Waals surface area (Å²) in [6, 6.07) is 6.08. The predicted octanol–water partition coefficient (Wildman–Crippen LogP) is 3.76. The highest BCUT2D eigenvalue weighted by molar-refractivity contribution is 5.71. The van der Waals surface area contributed by atoms with E-state index in [0.29, 0.717) is 0 Å². The Bertz CT molecular complexity index is 638. The van der Waals surface area contributed by atoms with Gasteiger partial charge >= 0.3 is 0 Å². The van der Waals surface area contributed by atoms with Crippen LogP contribution in [0, 0.1) is 13.8 Å². The van der Waals surface area contributed by atoms with E-state index in [1.165, 1.54) is 0 Å². The van der Waals surface area contributed by atoms with Gasteiger partial charge in [-0.3, -0.25) is 0 Å². The van der Waals surface area contributed by atoms with Gasteiger partial charge in [-0.2, -0.15) is 0 Å². The van der Waals surface area contributed by atoms with Gasteiger partial charge < -0.3 is 10.1 Å². The molecular weight excluding hydrogens is 262 g/mol. The van der Waals surface area contributed by atoms with E-state index < -0.39 is 0 Å². The highest BCUT2D eigenvalue weighted by Gasteiger charge is 2.13. The van der Waals surface area contributed by atoms with Crippen LogP contribution in [0.15, 0.2) is 18.2 Å². The Morgan fingerprint density at radius 2 is 1.90 bits per heavy atom. The van der Waals surface area contributed by atoms with Crippen molar-refractivity contribution in [2.24, 2.45) is 0 Å². The van der Waals surface area contributed by atoms with Gasteiger partial charge in [0.15, 0.2) is 0 Å². The predicted molar refractivity (Wildman–Crippen MR) is 87.0 cm³/mol. The van der Waals surface area contributed by atoms with Crippen molar-refractivity contribution < 1.29 is 4.74 Å². The molecule has 112 valence electrons. The van der Waals surface area contributed by atoms with Crippen molar-refractivity contribution in [3.8, 4) is 17.0 Å². The van der Waals surface area contributed by atoms with E-state index in [2.05, 4.69) is 44.1 Å². The molecule has 0 radical (unpaired) electrons. The number of aryl methyl sites for hydroxylation is 2. The lowest BCUT2D eigenvalue weighted by Crippen LogP contribution is -2.08. The maximum absolute atomic E-state index is 5.28. The number of hydrogen-bond donors (Lipinski definition) is 1. The van der Waals surface area contributed by atoms with E-state index in [1.54, 1.807) is 7.11 Å². The number of ether oxygens (including phenoxy) is 1. The maximum atomic E-state index is 5.28. The second-order valence-corrected chi connectivity index (χ2v) is 5.03. The normalized spacial score (nSPS) is 10.5. The summed E-state index contributed by atoms with van der Waals surface area (Å²) in [5.74, 6) is 2.65. The van der Waals surface area contributed by atoms with Crippen molar-refractivity contribution in [3.63, 3.8) is 0 Å². The first-order valence-corrected chi connectivity index (χ1v) is 7.37. The molecule has 0 fully saturated rings. The van der Waals surface area contributed by atoms with Crippen LogP contribution in [0.2, 0.25) is 0 Å². The van der Waals surface area contributed by atoms with E-state index >= 15 is 0 Å². The van der Waals surface area contributed by atoms with E-state index in [4.69, 9.17) is 9.72 Å². The van der Waals surface area contributed by atoms with Gasteiger partial charge in [0.25, 0.3) is 0 Å². The molecule has 4 nitrogen and oxygen atoms in total. The molecule has 1 aromatic carbocycles. The summed E-state index contributed by atoms with van der Waals surface area (Å²) < 4.78 is 5.28. The Hall–Kier alpha value is -2.10. The number of nitrogens with one attached hydrogen (secondary N) is 1. The van der Waals surface area contributed by atoms with E-state index in [0.717, 1.165) is 52.7 Å². The van der Waals surface area contributed by atoms with Crippen molar-refractivity contribution in [1.82, 2.24) is 9.97 Å². The Labute approximate surface area is 126 Å². The minimum atomic E-state index is 0.820. The third kappa shape index (κ3) is 3.15. The van der Waals surface area contributed by atoms with Crippen LogP contribution in [0.5, 0.6) is 5.75 Å². The van der Waals surface area contributed by atoms with Crippen LogP contribution < -0.4 is 10.1 Å². The lowest BCUT2D eigenvalue weighted by Gasteiger charge is -2.15. The third-order valence-corrected chi connectivity index (χ3v) is 3.54. The molecule has 2 rings (SSSR count). The van der Waals surface area contributed by atoms with Gasteiger partial charge in [-0.05, 0) is 44.5 Å². The number of anilines is 1. The lowest BCUT2D eigenvalue weighted by molar-refractivity contribution is 0.414. The van der Waals surface area contributed by atoms with Crippen LogP contribution in [0.1, 0.15) is 30.8 Å². The number of benzene rings is 1. The van der Waals surface area contributed by atoms with Crippen LogP contribution in [0.3, 0.4) is 0 Å². The standard InChI is InChI=1S/C17H23N3O/c1-6-15-19-16(12(4)17(20-15)18-7-2)14-9-8-13(21-5)10-11(14)3/h8-10H,6-7H2,1-5H3,(H,18,19,20). The first kappa shape index (κ1) is 15.3. The maximum Gasteiger partial charge on any atom is 0.133 e. The molecule has 0 unspecified atom stereocenters. The zero-order valence-electron chi connectivity index (χ0n) is 13.4. The molecule has 1 N–H and O–H groups in total. The van der Waals surface area contributed by atoms with Gasteiger partial charge in [-0.1, -0.05) is 6.92 Å². The molecule has 0 saturated carbocycles. The molecule has 4 heteroatoms. The van der Waals surface area contributed by atoms with Crippen LogP contribution in [0.4, 0.5) is 5.82 Å². The minimum absolute atomic E-state index is 0.820. The molecule has 0 aliphatic heterocycles. The van der Waals surface area contributed by atoms with Gasteiger partial charge in [-0.25, -0.2) is 9.97 Å². The van der Waals surface area contributed by atoms with Gasteiger partial charge in [0.2, 0.25) is 0 Å². The molecule has 0 aliphatic carbocycles. The van der Waals surface area contributed by atoms with Crippen LogP contribution in [-0.4, -0.2) is 23.6 Å². The van der Waals surface area contributed by atoms with E-state index in [1.807, 2.05) is 12.1 Å². The van der Waals surface area contributed by atoms with Gasteiger partial charge in [-0.15, -0.1) is 0 Å². The first-order valence-electron chi connectivity index (χ1n) is 7.37. The zero-order chi connectivity index (χ0) is 15.4. The lowest BCUT2D eigenvalue weighted by atomic mass is 10.0. The molecule has 0 spiro atoms. The monoisotopic (exact) mass is 285 g/mol. The molecular formula is C17H23N3O. The molecule has 1 aromatic heterocycles. The summed E-state index contributed by atoms with van der Waals surface area (Å²) in [4.78, 5) is 9.31. The van der Waals surface area contributed by atoms with E-state index in [9.17, 15) is 0 Å². The number of methoxy groups -OCH3 is 1.